The molecule has 0 saturated heterocycles. The number of amides is 1. The van der Waals surface area contributed by atoms with Crippen LogP contribution in [-0.2, 0) is 6.54 Å². The number of hydrogen-bond donors (Lipinski definition) is 2. The van der Waals surface area contributed by atoms with Crippen molar-refractivity contribution in [3.8, 4) is 11.1 Å². The largest absolute Gasteiger partial charge is 0.395 e. The summed E-state index contributed by atoms with van der Waals surface area (Å²) in [5.74, 6) is -0.198. The van der Waals surface area contributed by atoms with Crippen molar-refractivity contribution < 1.29 is 9.90 Å². The second-order valence-corrected chi connectivity index (χ2v) is 7.68. The number of carbonyl (C=O) groups is 1. The van der Waals surface area contributed by atoms with Gasteiger partial charge in [-0.25, -0.2) is 4.98 Å². The Bertz CT molecular complexity index is 1200. The van der Waals surface area contributed by atoms with Gasteiger partial charge in [-0.15, -0.1) is 0 Å². The monoisotopic (exact) mass is 414 g/mol. The van der Waals surface area contributed by atoms with Crippen LogP contribution in [0.3, 0.4) is 0 Å². The van der Waals surface area contributed by atoms with Crippen LogP contribution in [0.25, 0.3) is 16.8 Å². The van der Waals surface area contributed by atoms with Gasteiger partial charge in [0, 0.05) is 37.4 Å². The zero-order valence-electron chi connectivity index (χ0n) is 17.7. The number of rotatable bonds is 7. The van der Waals surface area contributed by atoms with E-state index in [1.54, 1.807) is 6.20 Å². The third kappa shape index (κ3) is 4.50. The molecular formula is C25H26N4O2. The van der Waals surface area contributed by atoms with Gasteiger partial charge in [-0.3, -0.25) is 9.69 Å². The van der Waals surface area contributed by atoms with E-state index in [0.717, 1.165) is 27.9 Å². The number of aliphatic hydroxyl groups is 1. The van der Waals surface area contributed by atoms with E-state index >= 15 is 0 Å². The highest BCUT2D eigenvalue weighted by Crippen LogP contribution is 2.29. The van der Waals surface area contributed by atoms with Crippen LogP contribution in [0.1, 0.15) is 21.5 Å². The SMILES string of the molecule is Cc1c(NC(=O)c2cc(CN(C)CCO)cn3ccnc23)cccc1-c1ccccc1. The molecule has 1 amide bonds. The molecule has 0 spiro atoms. The Morgan fingerprint density at radius 2 is 1.97 bits per heavy atom. The Kier molecular flexibility index (Phi) is 6.11. The molecule has 0 radical (unpaired) electrons. The lowest BCUT2D eigenvalue weighted by Gasteiger charge is -2.17. The average Bonchev–Trinajstić information content (AvgIpc) is 3.24. The minimum Gasteiger partial charge on any atom is -0.395 e. The Balaban J connectivity index is 1.65. The summed E-state index contributed by atoms with van der Waals surface area (Å²) in [5, 5.41) is 12.2. The predicted molar refractivity (Wildman–Crippen MR) is 123 cm³/mol. The predicted octanol–water partition coefficient (Wildman–Crippen LogP) is 3.99. The van der Waals surface area contributed by atoms with Gasteiger partial charge in [0.25, 0.3) is 5.91 Å². The van der Waals surface area contributed by atoms with Gasteiger partial charge in [0.05, 0.1) is 12.2 Å². The number of hydrogen-bond acceptors (Lipinski definition) is 4. The second-order valence-electron chi connectivity index (χ2n) is 7.68. The van der Waals surface area contributed by atoms with Crippen molar-refractivity contribution in [1.29, 1.82) is 0 Å². The molecule has 2 N–H and O–H groups in total. The molecule has 4 rings (SSSR count). The van der Waals surface area contributed by atoms with Gasteiger partial charge in [-0.2, -0.15) is 0 Å². The maximum atomic E-state index is 13.3. The summed E-state index contributed by atoms with van der Waals surface area (Å²) in [5.41, 5.74) is 6.09. The summed E-state index contributed by atoms with van der Waals surface area (Å²) in [6.07, 6.45) is 5.49. The molecule has 0 aliphatic carbocycles. The fourth-order valence-electron chi connectivity index (χ4n) is 3.80. The zero-order valence-corrected chi connectivity index (χ0v) is 17.7. The van der Waals surface area contributed by atoms with E-state index in [4.69, 9.17) is 0 Å². The number of carbonyl (C=O) groups excluding carboxylic acids is 1. The molecule has 31 heavy (non-hydrogen) atoms. The number of aromatic nitrogens is 2. The molecule has 2 heterocycles. The van der Waals surface area contributed by atoms with Gasteiger partial charge in [0.1, 0.15) is 5.65 Å². The number of nitrogens with zero attached hydrogens (tertiary/aromatic N) is 3. The van der Waals surface area contributed by atoms with E-state index in [1.165, 1.54) is 0 Å². The third-order valence-corrected chi connectivity index (χ3v) is 5.39. The van der Waals surface area contributed by atoms with Crippen molar-refractivity contribution in [2.24, 2.45) is 0 Å². The first kappa shape index (κ1) is 20.8. The van der Waals surface area contributed by atoms with Gasteiger partial charge in [-0.1, -0.05) is 42.5 Å². The smallest absolute Gasteiger partial charge is 0.259 e. The van der Waals surface area contributed by atoms with Crippen molar-refractivity contribution in [1.82, 2.24) is 14.3 Å². The zero-order chi connectivity index (χ0) is 21.8. The summed E-state index contributed by atoms with van der Waals surface area (Å²) in [7, 11) is 1.94. The van der Waals surface area contributed by atoms with Crippen molar-refractivity contribution in [2.45, 2.75) is 13.5 Å². The van der Waals surface area contributed by atoms with E-state index < -0.39 is 0 Å². The molecule has 6 nitrogen and oxygen atoms in total. The molecule has 0 saturated carbocycles. The minimum absolute atomic E-state index is 0.0915. The maximum Gasteiger partial charge on any atom is 0.259 e. The summed E-state index contributed by atoms with van der Waals surface area (Å²) in [4.78, 5) is 19.7. The van der Waals surface area contributed by atoms with Crippen LogP contribution in [0, 0.1) is 6.92 Å². The normalized spacial score (nSPS) is 11.2. The Hall–Kier alpha value is -3.48. The number of pyridine rings is 1. The Morgan fingerprint density at radius 1 is 1.16 bits per heavy atom. The van der Waals surface area contributed by atoms with Gasteiger partial charge < -0.3 is 14.8 Å². The van der Waals surface area contributed by atoms with Crippen LogP contribution in [0.5, 0.6) is 0 Å². The lowest BCUT2D eigenvalue weighted by molar-refractivity contribution is 0.102. The van der Waals surface area contributed by atoms with Gasteiger partial charge in [0.15, 0.2) is 0 Å². The molecule has 0 aliphatic rings. The number of benzene rings is 2. The lowest BCUT2D eigenvalue weighted by Crippen LogP contribution is -2.22. The van der Waals surface area contributed by atoms with E-state index in [-0.39, 0.29) is 12.5 Å². The van der Waals surface area contributed by atoms with Crippen molar-refractivity contribution in [3.05, 3.63) is 89.9 Å². The molecule has 2 aromatic heterocycles. The Labute approximate surface area is 181 Å². The number of nitrogens with one attached hydrogen (secondary N) is 1. The first-order valence-corrected chi connectivity index (χ1v) is 10.3. The number of anilines is 1. The third-order valence-electron chi connectivity index (χ3n) is 5.39. The van der Waals surface area contributed by atoms with Crippen LogP contribution in [0.4, 0.5) is 5.69 Å². The number of aliphatic hydroxyl groups excluding tert-OH is 1. The van der Waals surface area contributed by atoms with Crippen LogP contribution >= 0.6 is 0 Å². The molecule has 0 bridgehead atoms. The fraction of sp³-hybridized carbons (Fsp3) is 0.200. The maximum absolute atomic E-state index is 13.3. The summed E-state index contributed by atoms with van der Waals surface area (Å²) < 4.78 is 1.87. The highest BCUT2D eigenvalue weighted by molar-refractivity contribution is 6.09. The lowest BCUT2D eigenvalue weighted by atomic mass is 9.99. The van der Waals surface area contributed by atoms with Gasteiger partial charge in [0.2, 0.25) is 0 Å². The quantitative estimate of drug-likeness (QED) is 0.480. The molecule has 0 fully saturated rings. The van der Waals surface area contributed by atoms with Crippen LogP contribution < -0.4 is 5.32 Å². The molecule has 2 aromatic carbocycles. The summed E-state index contributed by atoms with van der Waals surface area (Å²) in [6, 6.07) is 17.9. The minimum atomic E-state index is -0.198. The molecular weight excluding hydrogens is 388 g/mol. The van der Waals surface area contributed by atoms with Crippen LogP contribution in [-0.4, -0.2) is 45.5 Å². The highest BCUT2D eigenvalue weighted by atomic mass is 16.3. The summed E-state index contributed by atoms with van der Waals surface area (Å²) in [6.45, 7) is 3.30. The second kappa shape index (κ2) is 9.12. The van der Waals surface area contributed by atoms with Crippen molar-refractivity contribution in [3.63, 3.8) is 0 Å². The van der Waals surface area contributed by atoms with Crippen LogP contribution in [0.2, 0.25) is 0 Å². The first-order chi connectivity index (χ1) is 15.1. The van der Waals surface area contributed by atoms with Crippen LogP contribution in [0.15, 0.2) is 73.2 Å². The van der Waals surface area contributed by atoms with Crippen molar-refractivity contribution in [2.75, 3.05) is 25.5 Å². The van der Waals surface area contributed by atoms with Crippen molar-refractivity contribution >= 4 is 17.2 Å². The van der Waals surface area contributed by atoms with Gasteiger partial charge in [-0.05, 0) is 48.4 Å². The molecule has 0 unspecified atom stereocenters. The number of likely N-dealkylation sites (N-methyl/N-ethyl adjacent to an activating group) is 1. The molecule has 4 aromatic rings. The fourth-order valence-corrected chi connectivity index (χ4v) is 3.80. The topological polar surface area (TPSA) is 69.9 Å². The molecule has 158 valence electrons. The standard InChI is InChI=1S/C25H26N4O2/c1-18-21(20-7-4-3-5-8-20)9-6-10-23(18)27-25(31)22-15-19(16-28(2)13-14-30)17-29-12-11-26-24(22)29/h3-12,15,17,30H,13-14,16H2,1-2H3,(H,27,31). The summed E-state index contributed by atoms with van der Waals surface area (Å²) >= 11 is 0. The van der Waals surface area contributed by atoms with E-state index in [2.05, 4.69) is 28.5 Å². The Morgan fingerprint density at radius 3 is 2.74 bits per heavy atom. The highest BCUT2D eigenvalue weighted by Gasteiger charge is 2.16. The number of imidazole rings is 1. The first-order valence-electron chi connectivity index (χ1n) is 10.3. The number of fused-ring (bicyclic) bond motifs is 1. The van der Waals surface area contributed by atoms with E-state index in [9.17, 15) is 9.90 Å². The molecule has 6 heteroatoms. The molecule has 0 atom stereocenters. The van der Waals surface area contributed by atoms with E-state index in [0.29, 0.717) is 24.3 Å². The molecule has 0 aliphatic heterocycles. The van der Waals surface area contributed by atoms with Gasteiger partial charge >= 0.3 is 0 Å². The van der Waals surface area contributed by atoms with E-state index in [1.807, 2.05) is 72.1 Å². The average molecular weight is 415 g/mol.